The van der Waals surface area contributed by atoms with Crippen molar-refractivity contribution in [2.24, 2.45) is 17.3 Å². The van der Waals surface area contributed by atoms with E-state index in [1.54, 1.807) is 0 Å². The van der Waals surface area contributed by atoms with Crippen LogP contribution in [0.2, 0.25) is 0 Å². The van der Waals surface area contributed by atoms with Gasteiger partial charge in [-0.15, -0.1) is 0 Å². The van der Waals surface area contributed by atoms with E-state index in [0.29, 0.717) is 10.7 Å². The Bertz CT molecular complexity index is 601. The lowest BCUT2D eigenvalue weighted by Gasteiger charge is -2.60. The zero-order chi connectivity index (χ0) is 15.4. The molecule has 0 aliphatic heterocycles. The van der Waals surface area contributed by atoms with E-state index in [-0.39, 0.29) is 11.3 Å². The monoisotopic (exact) mass is 425 g/mol. The van der Waals surface area contributed by atoms with Gasteiger partial charge in [-0.3, -0.25) is 4.79 Å². The number of hydrogen-bond donors (Lipinski definition) is 1. The van der Waals surface area contributed by atoms with Crippen LogP contribution in [0.25, 0.3) is 0 Å². The number of benzene rings is 1. The molecule has 4 saturated carbocycles. The van der Waals surface area contributed by atoms with Gasteiger partial charge in [-0.05, 0) is 83.8 Å². The van der Waals surface area contributed by atoms with Crippen molar-refractivity contribution >= 4 is 43.5 Å². The Labute approximate surface area is 148 Å². The normalized spacial score (nSPS) is 39.0. The molecule has 4 fully saturated rings. The number of amides is 1. The molecule has 22 heavy (non-hydrogen) atoms. The summed E-state index contributed by atoms with van der Waals surface area (Å²) in [6.45, 7) is 0. The molecule has 5 rings (SSSR count). The molecule has 4 heteroatoms. The molecular formula is C18H21Br2NO. The standard InChI is InChI=1S/C18H21Br2NO/c19-14-3-1-2-4-15(14)21-16(22)10-17-6-12-5-13(7-17)9-18(20,8-12)11-17/h1-4,12-13H,5-11H2,(H,21,22)/t12-,13-,17?,18?/m1/s1. The molecule has 0 aromatic heterocycles. The first-order valence-electron chi connectivity index (χ1n) is 8.19. The van der Waals surface area contributed by atoms with Gasteiger partial charge in [-0.1, -0.05) is 28.1 Å². The van der Waals surface area contributed by atoms with E-state index in [1.807, 2.05) is 24.3 Å². The molecule has 0 heterocycles. The fraction of sp³-hybridized carbons (Fsp3) is 0.611. The van der Waals surface area contributed by atoms with Crippen LogP contribution in [0.1, 0.15) is 44.9 Å². The van der Waals surface area contributed by atoms with Crippen molar-refractivity contribution in [3.8, 4) is 0 Å². The summed E-state index contributed by atoms with van der Waals surface area (Å²) in [7, 11) is 0. The molecular weight excluding hydrogens is 406 g/mol. The Morgan fingerprint density at radius 1 is 1.18 bits per heavy atom. The molecule has 2 atom stereocenters. The van der Waals surface area contributed by atoms with Crippen molar-refractivity contribution in [3.05, 3.63) is 28.7 Å². The van der Waals surface area contributed by atoms with E-state index in [9.17, 15) is 4.79 Å². The van der Waals surface area contributed by atoms with Crippen LogP contribution in [-0.2, 0) is 4.79 Å². The van der Waals surface area contributed by atoms with Crippen molar-refractivity contribution in [1.82, 2.24) is 0 Å². The predicted octanol–water partition coefficient (Wildman–Crippen LogP) is 5.51. The highest BCUT2D eigenvalue weighted by molar-refractivity contribution is 9.10. The van der Waals surface area contributed by atoms with Crippen molar-refractivity contribution in [2.75, 3.05) is 5.32 Å². The van der Waals surface area contributed by atoms with Crippen LogP contribution < -0.4 is 5.32 Å². The van der Waals surface area contributed by atoms with Gasteiger partial charge in [0.1, 0.15) is 0 Å². The third kappa shape index (κ3) is 2.77. The predicted molar refractivity (Wildman–Crippen MR) is 96.2 cm³/mol. The SMILES string of the molecule is O=C(CC12C[C@H]3C[C@@H](CC(Br)(C3)C1)C2)Nc1ccccc1Br. The number of rotatable bonds is 3. The molecule has 1 aromatic rings. The average molecular weight is 427 g/mol. The molecule has 4 aliphatic rings. The maximum Gasteiger partial charge on any atom is 0.224 e. The summed E-state index contributed by atoms with van der Waals surface area (Å²) in [5.74, 6) is 1.83. The van der Waals surface area contributed by atoms with E-state index in [1.165, 1.54) is 38.5 Å². The lowest BCUT2D eigenvalue weighted by Crippen LogP contribution is -2.53. The Balaban J connectivity index is 1.49. The van der Waals surface area contributed by atoms with Crippen LogP contribution >= 0.6 is 31.9 Å². The first-order chi connectivity index (χ1) is 10.5. The van der Waals surface area contributed by atoms with Gasteiger partial charge >= 0.3 is 0 Å². The molecule has 1 N–H and O–H groups in total. The van der Waals surface area contributed by atoms with Crippen LogP contribution in [0.15, 0.2) is 28.7 Å². The molecule has 0 radical (unpaired) electrons. The molecule has 0 unspecified atom stereocenters. The van der Waals surface area contributed by atoms with Gasteiger partial charge in [0.05, 0.1) is 5.69 Å². The summed E-state index contributed by atoms with van der Waals surface area (Å²) < 4.78 is 1.27. The largest absolute Gasteiger partial charge is 0.325 e. The third-order valence-corrected chi connectivity index (χ3v) is 7.41. The molecule has 0 saturated heterocycles. The zero-order valence-electron chi connectivity index (χ0n) is 12.6. The highest BCUT2D eigenvalue weighted by Gasteiger charge is 2.57. The molecule has 118 valence electrons. The summed E-state index contributed by atoms with van der Waals surface area (Å²) in [5, 5.41) is 3.10. The van der Waals surface area contributed by atoms with Crippen LogP contribution in [0, 0.1) is 17.3 Å². The first-order valence-corrected chi connectivity index (χ1v) is 9.77. The van der Waals surface area contributed by atoms with Gasteiger partial charge in [0.15, 0.2) is 0 Å². The third-order valence-electron chi connectivity index (χ3n) is 5.79. The van der Waals surface area contributed by atoms with Crippen LogP contribution in [0.4, 0.5) is 5.69 Å². The Hall–Kier alpha value is -0.350. The molecule has 4 aliphatic carbocycles. The molecule has 2 nitrogen and oxygen atoms in total. The smallest absolute Gasteiger partial charge is 0.224 e. The van der Waals surface area contributed by atoms with Gasteiger partial charge in [-0.2, -0.15) is 0 Å². The summed E-state index contributed by atoms with van der Waals surface area (Å²) in [4.78, 5) is 12.6. The lowest BCUT2D eigenvalue weighted by atomic mass is 9.48. The minimum atomic E-state index is 0.171. The lowest BCUT2D eigenvalue weighted by molar-refractivity contribution is -0.123. The molecule has 0 spiro atoms. The second-order valence-corrected chi connectivity index (χ2v) is 10.4. The first kappa shape index (κ1) is 15.2. The van der Waals surface area contributed by atoms with Gasteiger partial charge in [-0.25, -0.2) is 0 Å². The van der Waals surface area contributed by atoms with Crippen LogP contribution in [0.5, 0.6) is 0 Å². The van der Waals surface area contributed by atoms with E-state index < -0.39 is 0 Å². The van der Waals surface area contributed by atoms with Crippen LogP contribution in [-0.4, -0.2) is 10.2 Å². The summed E-state index contributed by atoms with van der Waals surface area (Å²) >= 11 is 7.53. The number of nitrogens with one attached hydrogen (secondary N) is 1. The number of hydrogen-bond acceptors (Lipinski definition) is 1. The maximum atomic E-state index is 12.6. The number of anilines is 1. The minimum Gasteiger partial charge on any atom is -0.325 e. The van der Waals surface area contributed by atoms with Crippen molar-refractivity contribution in [3.63, 3.8) is 0 Å². The highest BCUT2D eigenvalue weighted by Crippen LogP contribution is 2.65. The average Bonchev–Trinajstić information content (AvgIpc) is 2.37. The minimum absolute atomic E-state index is 0.171. The maximum absolute atomic E-state index is 12.6. The fourth-order valence-corrected chi connectivity index (χ4v) is 7.53. The molecule has 4 bridgehead atoms. The molecule has 1 aromatic carbocycles. The van der Waals surface area contributed by atoms with E-state index in [2.05, 4.69) is 37.2 Å². The van der Waals surface area contributed by atoms with Gasteiger partial charge in [0, 0.05) is 15.2 Å². The second-order valence-electron chi connectivity index (χ2n) is 7.82. The number of carbonyl (C=O) groups is 1. The second kappa shape index (κ2) is 5.34. The number of alkyl halides is 1. The van der Waals surface area contributed by atoms with Gasteiger partial charge < -0.3 is 5.32 Å². The number of para-hydroxylation sites is 1. The highest BCUT2D eigenvalue weighted by atomic mass is 79.9. The Morgan fingerprint density at radius 2 is 1.86 bits per heavy atom. The molecule has 1 amide bonds. The van der Waals surface area contributed by atoms with Gasteiger partial charge in [0.25, 0.3) is 0 Å². The van der Waals surface area contributed by atoms with Gasteiger partial charge in [0.2, 0.25) is 5.91 Å². The van der Waals surface area contributed by atoms with Crippen molar-refractivity contribution < 1.29 is 4.79 Å². The number of halogens is 2. The van der Waals surface area contributed by atoms with E-state index >= 15 is 0 Å². The quantitative estimate of drug-likeness (QED) is 0.634. The summed E-state index contributed by atoms with van der Waals surface area (Å²) in [6.07, 6.45) is 8.38. The van der Waals surface area contributed by atoms with Crippen molar-refractivity contribution in [2.45, 2.75) is 49.3 Å². The Morgan fingerprint density at radius 3 is 2.50 bits per heavy atom. The summed E-state index contributed by atoms with van der Waals surface area (Å²) in [6, 6.07) is 7.84. The summed E-state index contributed by atoms with van der Waals surface area (Å²) in [5.41, 5.74) is 1.12. The Kier molecular flexibility index (Phi) is 3.69. The van der Waals surface area contributed by atoms with E-state index in [0.717, 1.165) is 22.0 Å². The zero-order valence-corrected chi connectivity index (χ0v) is 15.8. The van der Waals surface area contributed by atoms with E-state index in [4.69, 9.17) is 0 Å². The fourth-order valence-electron chi connectivity index (χ4n) is 5.64. The van der Waals surface area contributed by atoms with Crippen LogP contribution in [0.3, 0.4) is 0 Å². The topological polar surface area (TPSA) is 29.1 Å². The van der Waals surface area contributed by atoms with Crippen molar-refractivity contribution in [1.29, 1.82) is 0 Å². The number of carbonyl (C=O) groups excluding carboxylic acids is 1.